The van der Waals surface area contributed by atoms with Gasteiger partial charge >= 0.3 is 0 Å². The second kappa shape index (κ2) is 7.12. The quantitative estimate of drug-likeness (QED) is 0.789. The fourth-order valence-electron chi connectivity index (χ4n) is 2.53. The zero-order valence-electron chi connectivity index (χ0n) is 13.4. The van der Waals surface area contributed by atoms with Crippen LogP contribution in [0.25, 0.3) is 11.4 Å². The van der Waals surface area contributed by atoms with Crippen LogP contribution in [-0.4, -0.2) is 37.5 Å². The van der Waals surface area contributed by atoms with Crippen LogP contribution >= 0.6 is 11.8 Å². The smallest absolute Gasteiger partial charge is 0.230 e. The molecule has 122 valence electrons. The summed E-state index contributed by atoms with van der Waals surface area (Å²) in [4.78, 5) is 16.1. The van der Waals surface area contributed by atoms with E-state index in [2.05, 4.69) is 27.4 Å². The van der Waals surface area contributed by atoms with E-state index in [9.17, 15) is 4.79 Å². The first kappa shape index (κ1) is 16.0. The lowest BCUT2D eigenvalue weighted by molar-refractivity contribution is -0.119. The van der Waals surface area contributed by atoms with Crippen LogP contribution in [0.15, 0.2) is 29.7 Å². The number of nitrogens with one attached hydrogen (secondary N) is 1. The van der Waals surface area contributed by atoms with Gasteiger partial charge in [-0.1, -0.05) is 11.8 Å². The van der Waals surface area contributed by atoms with Crippen LogP contribution in [0.1, 0.15) is 26.7 Å². The van der Waals surface area contributed by atoms with E-state index in [1.165, 1.54) is 24.6 Å². The van der Waals surface area contributed by atoms with Gasteiger partial charge in [0.05, 0.1) is 5.75 Å². The highest BCUT2D eigenvalue weighted by Gasteiger charge is 2.28. The van der Waals surface area contributed by atoms with Crippen molar-refractivity contribution in [1.82, 2.24) is 25.1 Å². The minimum Gasteiger partial charge on any atom is -0.353 e. The molecule has 0 saturated heterocycles. The third-order valence-corrected chi connectivity index (χ3v) is 4.99. The third kappa shape index (κ3) is 3.90. The summed E-state index contributed by atoms with van der Waals surface area (Å²) in [5.74, 6) is 1.90. The normalized spacial score (nSPS) is 15.4. The van der Waals surface area contributed by atoms with Crippen molar-refractivity contribution in [3.8, 4) is 11.4 Å². The summed E-state index contributed by atoms with van der Waals surface area (Å²) >= 11 is 1.43. The highest BCUT2D eigenvalue weighted by atomic mass is 32.2. The lowest BCUT2D eigenvalue weighted by Gasteiger charge is -2.12. The summed E-state index contributed by atoms with van der Waals surface area (Å²) < 4.78 is 2.03. The molecule has 0 aliphatic heterocycles. The van der Waals surface area contributed by atoms with Gasteiger partial charge in [0.1, 0.15) is 0 Å². The Morgan fingerprint density at radius 1 is 1.39 bits per heavy atom. The molecular weight excluding hydrogens is 310 g/mol. The van der Waals surface area contributed by atoms with Crippen molar-refractivity contribution in [2.75, 3.05) is 5.75 Å². The third-order valence-electron chi connectivity index (χ3n) is 4.02. The molecule has 1 saturated carbocycles. The monoisotopic (exact) mass is 331 g/mol. The molecular formula is C16H21N5OS. The molecule has 2 aromatic rings. The summed E-state index contributed by atoms with van der Waals surface area (Å²) in [6.45, 7) is 4.89. The van der Waals surface area contributed by atoms with Crippen molar-refractivity contribution in [3.05, 3.63) is 24.5 Å². The molecule has 0 spiro atoms. The van der Waals surface area contributed by atoms with Gasteiger partial charge in [0, 0.05) is 30.5 Å². The number of amides is 1. The van der Waals surface area contributed by atoms with Crippen LogP contribution < -0.4 is 5.32 Å². The maximum Gasteiger partial charge on any atom is 0.230 e. The van der Waals surface area contributed by atoms with E-state index in [1.54, 1.807) is 12.4 Å². The van der Waals surface area contributed by atoms with E-state index in [0.29, 0.717) is 11.7 Å². The number of thioether (sulfide) groups is 1. The second-order valence-corrected chi connectivity index (χ2v) is 6.71. The average molecular weight is 331 g/mol. The number of nitrogens with zero attached hydrogens (tertiary/aromatic N) is 4. The standard InChI is InChI=1S/C16H21N5OS/c1-3-21-15(13-6-8-17-9-7-13)19-20-16(21)23-10-14(22)18-11(2)12-4-5-12/h6-9,11-12H,3-5,10H2,1-2H3,(H,18,22)/t11-/m1/s1. The summed E-state index contributed by atoms with van der Waals surface area (Å²) in [5.41, 5.74) is 0.980. The Kier molecular flexibility index (Phi) is 4.95. The number of hydrogen-bond acceptors (Lipinski definition) is 5. The average Bonchev–Trinajstić information content (AvgIpc) is 3.34. The lowest BCUT2D eigenvalue weighted by Crippen LogP contribution is -2.35. The molecule has 1 atom stereocenters. The van der Waals surface area contributed by atoms with Crippen molar-refractivity contribution in [1.29, 1.82) is 0 Å². The van der Waals surface area contributed by atoms with E-state index in [4.69, 9.17) is 0 Å². The first-order chi connectivity index (χ1) is 11.2. The SMILES string of the molecule is CCn1c(SCC(=O)N[C@H](C)C2CC2)nnc1-c1ccncc1. The second-order valence-electron chi connectivity index (χ2n) is 5.77. The molecule has 1 fully saturated rings. The van der Waals surface area contributed by atoms with E-state index >= 15 is 0 Å². The molecule has 3 rings (SSSR count). The summed E-state index contributed by atoms with van der Waals surface area (Å²) in [7, 11) is 0. The molecule has 1 N–H and O–H groups in total. The maximum atomic E-state index is 12.0. The molecule has 23 heavy (non-hydrogen) atoms. The van der Waals surface area contributed by atoms with E-state index in [1.807, 2.05) is 23.6 Å². The van der Waals surface area contributed by atoms with E-state index in [0.717, 1.165) is 23.1 Å². The predicted molar refractivity (Wildman–Crippen MR) is 90.0 cm³/mol. The first-order valence-corrected chi connectivity index (χ1v) is 8.93. The van der Waals surface area contributed by atoms with Gasteiger partial charge in [-0.2, -0.15) is 0 Å². The number of aromatic nitrogens is 4. The Hall–Kier alpha value is -1.89. The van der Waals surface area contributed by atoms with Crippen molar-refractivity contribution >= 4 is 17.7 Å². The Morgan fingerprint density at radius 3 is 2.78 bits per heavy atom. The zero-order valence-corrected chi connectivity index (χ0v) is 14.2. The van der Waals surface area contributed by atoms with Crippen LogP contribution in [0.4, 0.5) is 0 Å². The molecule has 0 bridgehead atoms. The van der Waals surface area contributed by atoms with Crippen LogP contribution in [0.3, 0.4) is 0 Å². The number of carbonyl (C=O) groups excluding carboxylic acids is 1. The summed E-state index contributed by atoms with van der Waals surface area (Å²) in [5, 5.41) is 12.3. The molecule has 6 nitrogen and oxygen atoms in total. The minimum absolute atomic E-state index is 0.0607. The fourth-order valence-corrected chi connectivity index (χ4v) is 3.35. The van der Waals surface area contributed by atoms with Gasteiger partial charge in [-0.05, 0) is 44.7 Å². The predicted octanol–water partition coefficient (Wildman–Crippen LogP) is 2.37. The number of pyridine rings is 1. The Morgan fingerprint density at radius 2 is 2.13 bits per heavy atom. The number of hydrogen-bond donors (Lipinski definition) is 1. The first-order valence-electron chi connectivity index (χ1n) is 7.94. The molecule has 0 radical (unpaired) electrons. The molecule has 1 amide bonds. The Labute approximate surface area is 140 Å². The van der Waals surface area contributed by atoms with Gasteiger partial charge in [-0.25, -0.2) is 0 Å². The maximum absolute atomic E-state index is 12.0. The molecule has 1 aliphatic rings. The molecule has 0 unspecified atom stereocenters. The van der Waals surface area contributed by atoms with Crippen LogP contribution in [0.5, 0.6) is 0 Å². The Balaban J connectivity index is 1.64. The molecule has 2 heterocycles. The van der Waals surface area contributed by atoms with Crippen molar-refractivity contribution in [3.63, 3.8) is 0 Å². The summed E-state index contributed by atoms with van der Waals surface area (Å²) in [6.07, 6.45) is 5.94. The highest BCUT2D eigenvalue weighted by Crippen LogP contribution is 2.32. The minimum atomic E-state index is 0.0607. The van der Waals surface area contributed by atoms with Crippen LogP contribution in [0.2, 0.25) is 0 Å². The fraction of sp³-hybridized carbons (Fsp3) is 0.500. The van der Waals surface area contributed by atoms with E-state index in [-0.39, 0.29) is 11.9 Å². The van der Waals surface area contributed by atoms with Gasteiger partial charge in [0.2, 0.25) is 5.91 Å². The largest absolute Gasteiger partial charge is 0.353 e. The molecule has 2 aromatic heterocycles. The summed E-state index contributed by atoms with van der Waals surface area (Å²) in [6, 6.07) is 4.10. The number of carbonyl (C=O) groups is 1. The van der Waals surface area contributed by atoms with Gasteiger partial charge in [-0.15, -0.1) is 10.2 Å². The van der Waals surface area contributed by atoms with Crippen molar-refractivity contribution in [2.24, 2.45) is 5.92 Å². The van der Waals surface area contributed by atoms with Crippen LogP contribution in [0, 0.1) is 5.92 Å². The van der Waals surface area contributed by atoms with Gasteiger partial charge in [-0.3, -0.25) is 9.78 Å². The van der Waals surface area contributed by atoms with Gasteiger partial charge in [0.15, 0.2) is 11.0 Å². The Bertz CT molecular complexity index is 668. The molecule has 1 aliphatic carbocycles. The molecule has 7 heteroatoms. The van der Waals surface area contributed by atoms with Gasteiger partial charge < -0.3 is 9.88 Å². The zero-order chi connectivity index (χ0) is 16.2. The number of rotatable bonds is 7. The van der Waals surface area contributed by atoms with E-state index < -0.39 is 0 Å². The van der Waals surface area contributed by atoms with Gasteiger partial charge in [0.25, 0.3) is 0 Å². The van der Waals surface area contributed by atoms with Crippen LogP contribution in [-0.2, 0) is 11.3 Å². The van der Waals surface area contributed by atoms with Crippen molar-refractivity contribution < 1.29 is 4.79 Å². The highest BCUT2D eigenvalue weighted by molar-refractivity contribution is 7.99. The molecule has 0 aromatic carbocycles. The van der Waals surface area contributed by atoms with Crippen molar-refractivity contribution in [2.45, 2.75) is 44.4 Å². The lowest BCUT2D eigenvalue weighted by atomic mass is 10.2. The topological polar surface area (TPSA) is 72.7 Å².